The van der Waals surface area contributed by atoms with Crippen molar-refractivity contribution in [2.24, 2.45) is 0 Å². The summed E-state index contributed by atoms with van der Waals surface area (Å²) in [5.41, 5.74) is -0.106. The van der Waals surface area contributed by atoms with E-state index in [0.717, 1.165) is 12.1 Å². The molecule has 0 aromatic heterocycles. The van der Waals surface area contributed by atoms with Crippen LogP contribution >= 0.6 is 0 Å². The fraction of sp³-hybridized carbons (Fsp3) is 0.571. The van der Waals surface area contributed by atoms with E-state index in [-0.39, 0.29) is 18.2 Å². The lowest BCUT2D eigenvalue weighted by Gasteiger charge is -2.37. The molecule has 184 valence electrons. The van der Waals surface area contributed by atoms with E-state index in [4.69, 9.17) is 0 Å². The second-order valence-corrected chi connectivity index (χ2v) is 8.80. The number of nitrogens with one attached hydrogen (secondary N) is 3. The molecule has 1 aliphatic heterocycles. The summed E-state index contributed by atoms with van der Waals surface area (Å²) in [6.45, 7) is 9.40. The van der Waals surface area contributed by atoms with Crippen LogP contribution in [0.2, 0.25) is 0 Å². The van der Waals surface area contributed by atoms with Crippen molar-refractivity contribution in [3.63, 3.8) is 0 Å². The third-order valence-electron chi connectivity index (χ3n) is 4.80. The van der Waals surface area contributed by atoms with E-state index in [9.17, 15) is 27.6 Å². The SMILES string of the molecule is CC(C(=O)NC(=O)NC(C)(C)C)N1CCN(CC(=O)Nc2ccc(OC(F)(F)F)cc2)CC1. The van der Waals surface area contributed by atoms with Crippen molar-refractivity contribution in [1.82, 2.24) is 20.4 Å². The molecule has 33 heavy (non-hydrogen) atoms. The molecule has 2 rings (SSSR count). The van der Waals surface area contributed by atoms with Gasteiger partial charge in [-0.05, 0) is 52.0 Å². The van der Waals surface area contributed by atoms with Gasteiger partial charge >= 0.3 is 12.4 Å². The van der Waals surface area contributed by atoms with Crippen LogP contribution in [0.4, 0.5) is 23.7 Å². The topological polar surface area (TPSA) is 103 Å². The molecule has 1 aromatic carbocycles. The van der Waals surface area contributed by atoms with Gasteiger partial charge in [-0.1, -0.05) is 0 Å². The van der Waals surface area contributed by atoms with Gasteiger partial charge in [0, 0.05) is 37.4 Å². The number of nitrogens with zero attached hydrogens (tertiary/aromatic N) is 2. The predicted octanol–water partition coefficient (Wildman–Crippen LogP) is 2.15. The lowest BCUT2D eigenvalue weighted by Crippen LogP contribution is -2.57. The maximum absolute atomic E-state index is 12.3. The van der Waals surface area contributed by atoms with Gasteiger partial charge in [0.2, 0.25) is 11.8 Å². The molecule has 1 unspecified atom stereocenters. The van der Waals surface area contributed by atoms with Crippen LogP contribution in [0.15, 0.2) is 24.3 Å². The average Bonchev–Trinajstić information content (AvgIpc) is 2.67. The largest absolute Gasteiger partial charge is 0.573 e. The van der Waals surface area contributed by atoms with E-state index in [1.807, 2.05) is 30.6 Å². The number of carbonyl (C=O) groups is 3. The molecule has 0 spiro atoms. The third kappa shape index (κ3) is 9.66. The first-order valence-corrected chi connectivity index (χ1v) is 10.5. The average molecular weight is 473 g/mol. The van der Waals surface area contributed by atoms with Crippen LogP contribution in [0.1, 0.15) is 27.7 Å². The number of rotatable bonds is 6. The van der Waals surface area contributed by atoms with Gasteiger partial charge in [0.25, 0.3) is 0 Å². The Morgan fingerprint density at radius 1 is 1.03 bits per heavy atom. The molecule has 0 aliphatic carbocycles. The molecular formula is C21H30F3N5O4. The maximum Gasteiger partial charge on any atom is 0.573 e. The van der Waals surface area contributed by atoms with Crippen LogP contribution in [0.25, 0.3) is 0 Å². The highest BCUT2D eigenvalue weighted by atomic mass is 19.4. The van der Waals surface area contributed by atoms with Crippen molar-refractivity contribution in [2.75, 3.05) is 38.0 Å². The van der Waals surface area contributed by atoms with E-state index in [2.05, 4.69) is 20.7 Å². The van der Waals surface area contributed by atoms with Gasteiger partial charge in [0.15, 0.2) is 0 Å². The second kappa shape index (κ2) is 10.8. The second-order valence-electron chi connectivity index (χ2n) is 8.80. The standard InChI is InChI=1S/C21H30F3N5O4/c1-14(18(31)26-19(32)27-20(2,3)4)29-11-9-28(10-12-29)13-17(30)25-15-5-7-16(8-6-15)33-21(22,23)24/h5-8,14H,9-13H2,1-4H3,(H,25,30)(H2,26,27,31,32). The summed E-state index contributed by atoms with van der Waals surface area (Å²) in [6.07, 6.45) is -4.77. The molecule has 12 heteroatoms. The minimum Gasteiger partial charge on any atom is -0.406 e. The molecule has 1 fully saturated rings. The van der Waals surface area contributed by atoms with Crippen molar-refractivity contribution in [2.45, 2.75) is 45.6 Å². The number of benzene rings is 1. The van der Waals surface area contributed by atoms with E-state index >= 15 is 0 Å². The summed E-state index contributed by atoms with van der Waals surface area (Å²) in [5.74, 6) is -1.08. The fourth-order valence-electron chi connectivity index (χ4n) is 3.21. The Labute approximate surface area is 190 Å². The first-order valence-electron chi connectivity index (χ1n) is 10.5. The molecule has 0 saturated carbocycles. The quantitative estimate of drug-likeness (QED) is 0.585. The van der Waals surface area contributed by atoms with Gasteiger partial charge in [-0.3, -0.25) is 24.7 Å². The Morgan fingerprint density at radius 2 is 1.61 bits per heavy atom. The van der Waals surface area contributed by atoms with Gasteiger partial charge in [0.1, 0.15) is 5.75 Å². The third-order valence-corrected chi connectivity index (χ3v) is 4.80. The number of imide groups is 1. The van der Waals surface area contributed by atoms with Crippen molar-refractivity contribution < 1.29 is 32.3 Å². The first-order chi connectivity index (χ1) is 15.2. The van der Waals surface area contributed by atoms with Crippen molar-refractivity contribution in [3.05, 3.63) is 24.3 Å². The molecular weight excluding hydrogens is 443 g/mol. The molecule has 9 nitrogen and oxygen atoms in total. The molecule has 1 aliphatic rings. The number of urea groups is 1. The van der Waals surface area contributed by atoms with Crippen LogP contribution in [-0.2, 0) is 9.59 Å². The molecule has 0 bridgehead atoms. The van der Waals surface area contributed by atoms with Gasteiger partial charge in [-0.2, -0.15) is 0 Å². The van der Waals surface area contributed by atoms with E-state index in [1.54, 1.807) is 6.92 Å². The summed E-state index contributed by atoms with van der Waals surface area (Å²) in [5, 5.41) is 7.64. The zero-order chi connectivity index (χ0) is 24.8. The number of hydrogen-bond donors (Lipinski definition) is 3. The molecule has 1 aromatic rings. The zero-order valence-corrected chi connectivity index (χ0v) is 19.1. The lowest BCUT2D eigenvalue weighted by atomic mass is 10.1. The van der Waals surface area contributed by atoms with Crippen molar-refractivity contribution in [3.8, 4) is 5.75 Å². The monoisotopic (exact) mass is 473 g/mol. The first kappa shape index (κ1) is 26.4. The molecule has 1 atom stereocenters. The Kier molecular flexibility index (Phi) is 8.67. The number of hydrogen-bond acceptors (Lipinski definition) is 6. The smallest absolute Gasteiger partial charge is 0.406 e. The normalized spacial score (nSPS) is 16.6. The molecule has 4 amide bonds. The number of carbonyl (C=O) groups excluding carboxylic acids is 3. The van der Waals surface area contributed by atoms with Crippen LogP contribution in [0, 0.1) is 0 Å². The highest BCUT2D eigenvalue weighted by Gasteiger charge is 2.31. The predicted molar refractivity (Wildman–Crippen MR) is 116 cm³/mol. The number of ether oxygens (including phenoxy) is 1. The number of halogens is 3. The Balaban J connectivity index is 1.75. The van der Waals surface area contributed by atoms with Crippen molar-refractivity contribution >= 4 is 23.5 Å². The minimum absolute atomic E-state index is 0.100. The zero-order valence-electron chi connectivity index (χ0n) is 19.1. The summed E-state index contributed by atoms with van der Waals surface area (Å²) in [4.78, 5) is 40.3. The summed E-state index contributed by atoms with van der Waals surface area (Å²) < 4.78 is 40.4. The number of amides is 4. The number of anilines is 1. The maximum atomic E-state index is 12.3. The summed E-state index contributed by atoms with van der Waals surface area (Å²) in [7, 11) is 0. The van der Waals surface area contributed by atoms with Crippen LogP contribution in [0.5, 0.6) is 5.75 Å². The van der Waals surface area contributed by atoms with E-state index in [1.165, 1.54) is 12.1 Å². The van der Waals surface area contributed by atoms with Gasteiger partial charge in [-0.15, -0.1) is 13.2 Å². The molecule has 1 saturated heterocycles. The van der Waals surface area contributed by atoms with E-state index in [0.29, 0.717) is 31.9 Å². The number of piperazine rings is 1. The van der Waals surface area contributed by atoms with Gasteiger partial charge < -0.3 is 15.4 Å². The van der Waals surface area contributed by atoms with Crippen LogP contribution < -0.4 is 20.7 Å². The Hall–Kier alpha value is -2.86. The lowest BCUT2D eigenvalue weighted by molar-refractivity contribution is -0.274. The highest BCUT2D eigenvalue weighted by molar-refractivity contribution is 5.97. The van der Waals surface area contributed by atoms with Gasteiger partial charge in [-0.25, -0.2) is 4.79 Å². The molecule has 0 radical (unpaired) electrons. The highest BCUT2D eigenvalue weighted by Crippen LogP contribution is 2.24. The summed E-state index contributed by atoms with van der Waals surface area (Å²) in [6, 6.07) is 3.84. The minimum atomic E-state index is -4.77. The van der Waals surface area contributed by atoms with E-state index < -0.39 is 29.9 Å². The summed E-state index contributed by atoms with van der Waals surface area (Å²) >= 11 is 0. The Bertz CT molecular complexity index is 832. The fourth-order valence-corrected chi connectivity index (χ4v) is 3.21. The molecule has 1 heterocycles. The number of alkyl halides is 3. The van der Waals surface area contributed by atoms with Gasteiger partial charge in [0.05, 0.1) is 12.6 Å². The van der Waals surface area contributed by atoms with Crippen LogP contribution in [-0.4, -0.2) is 78.3 Å². The van der Waals surface area contributed by atoms with Crippen molar-refractivity contribution in [1.29, 1.82) is 0 Å². The molecule has 3 N–H and O–H groups in total. The Morgan fingerprint density at radius 3 is 2.12 bits per heavy atom. The van der Waals surface area contributed by atoms with Crippen LogP contribution in [0.3, 0.4) is 0 Å².